The van der Waals surface area contributed by atoms with Gasteiger partial charge in [0.05, 0.1) is 13.5 Å². The van der Waals surface area contributed by atoms with Crippen molar-refractivity contribution in [1.29, 1.82) is 0 Å². The van der Waals surface area contributed by atoms with Crippen molar-refractivity contribution in [3.63, 3.8) is 0 Å². The van der Waals surface area contributed by atoms with E-state index in [0.717, 1.165) is 11.1 Å². The molecule has 1 N–H and O–H groups in total. The largest absolute Gasteiger partial charge is 0.467 e. The molecular weight excluding hydrogens is 230 g/mol. The van der Waals surface area contributed by atoms with Gasteiger partial charge in [-0.1, -0.05) is 29.8 Å². The maximum Gasteiger partial charge on any atom is 0.330 e. The molecule has 0 bridgehead atoms. The number of rotatable bonds is 4. The standard InChI is InChI=1S/C14H19NO3/c1-10-5-7-11(8-6-10)9-12(16)15-14(2,3)13(17)18-4/h5-8H,9H2,1-4H3,(H,15,16). The predicted octanol–water partition coefficient (Wildman–Crippen LogP) is 1.61. The molecule has 0 saturated carbocycles. The summed E-state index contributed by atoms with van der Waals surface area (Å²) < 4.78 is 4.63. The Morgan fingerprint density at radius 3 is 2.28 bits per heavy atom. The van der Waals surface area contributed by atoms with Gasteiger partial charge in [-0.2, -0.15) is 0 Å². The third kappa shape index (κ3) is 3.87. The third-order valence-electron chi connectivity index (χ3n) is 2.63. The lowest BCUT2D eigenvalue weighted by atomic mass is 10.0. The molecule has 1 amide bonds. The Kier molecular flexibility index (Phi) is 4.48. The van der Waals surface area contributed by atoms with E-state index in [1.807, 2.05) is 31.2 Å². The molecule has 0 aliphatic rings. The molecule has 4 heteroatoms. The van der Waals surface area contributed by atoms with Gasteiger partial charge in [-0.25, -0.2) is 4.79 Å². The summed E-state index contributed by atoms with van der Waals surface area (Å²) in [6.45, 7) is 5.22. The van der Waals surface area contributed by atoms with Crippen LogP contribution in [0.2, 0.25) is 0 Å². The van der Waals surface area contributed by atoms with Crippen LogP contribution in [0.1, 0.15) is 25.0 Å². The van der Waals surface area contributed by atoms with Gasteiger partial charge in [0, 0.05) is 0 Å². The molecule has 18 heavy (non-hydrogen) atoms. The molecule has 0 aromatic heterocycles. The average Bonchev–Trinajstić information content (AvgIpc) is 2.30. The number of nitrogens with one attached hydrogen (secondary N) is 1. The van der Waals surface area contributed by atoms with Crippen LogP contribution in [0.5, 0.6) is 0 Å². The van der Waals surface area contributed by atoms with Gasteiger partial charge >= 0.3 is 5.97 Å². The highest BCUT2D eigenvalue weighted by Crippen LogP contribution is 2.07. The second-order valence-corrected chi connectivity index (χ2v) is 4.83. The summed E-state index contributed by atoms with van der Waals surface area (Å²) >= 11 is 0. The van der Waals surface area contributed by atoms with E-state index < -0.39 is 11.5 Å². The van der Waals surface area contributed by atoms with Gasteiger partial charge in [-0.05, 0) is 26.3 Å². The summed E-state index contributed by atoms with van der Waals surface area (Å²) in [6, 6.07) is 7.71. The zero-order chi connectivity index (χ0) is 13.8. The first-order valence-electron chi connectivity index (χ1n) is 5.80. The minimum atomic E-state index is -1.00. The van der Waals surface area contributed by atoms with Crippen LogP contribution in [0, 0.1) is 6.92 Å². The normalized spacial score (nSPS) is 10.9. The van der Waals surface area contributed by atoms with Crippen molar-refractivity contribution in [3.8, 4) is 0 Å². The second kappa shape index (κ2) is 5.67. The molecular formula is C14H19NO3. The lowest BCUT2D eigenvalue weighted by Gasteiger charge is -2.23. The SMILES string of the molecule is COC(=O)C(C)(C)NC(=O)Cc1ccc(C)cc1. The number of hydrogen-bond acceptors (Lipinski definition) is 3. The predicted molar refractivity (Wildman–Crippen MR) is 69.1 cm³/mol. The average molecular weight is 249 g/mol. The Morgan fingerprint density at radius 2 is 1.78 bits per heavy atom. The van der Waals surface area contributed by atoms with Gasteiger partial charge < -0.3 is 10.1 Å². The summed E-state index contributed by atoms with van der Waals surface area (Å²) in [5.41, 5.74) is 1.06. The van der Waals surface area contributed by atoms with E-state index in [0.29, 0.717) is 0 Å². The molecule has 0 atom stereocenters. The summed E-state index contributed by atoms with van der Waals surface area (Å²) in [5.74, 6) is -0.658. The quantitative estimate of drug-likeness (QED) is 0.825. The topological polar surface area (TPSA) is 55.4 Å². The molecule has 1 aromatic rings. The third-order valence-corrected chi connectivity index (χ3v) is 2.63. The van der Waals surface area contributed by atoms with Gasteiger partial charge in [-0.15, -0.1) is 0 Å². The number of carbonyl (C=O) groups is 2. The van der Waals surface area contributed by atoms with Gasteiger partial charge in [0.2, 0.25) is 5.91 Å². The van der Waals surface area contributed by atoms with Gasteiger partial charge in [0.1, 0.15) is 5.54 Å². The maximum absolute atomic E-state index is 11.8. The lowest BCUT2D eigenvalue weighted by Crippen LogP contribution is -2.50. The number of hydrogen-bond donors (Lipinski definition) is 1. The van der Waals surface area contributed by atoms with Crippen molar-refractivity contribution in [3.05, 3.63) is 35.4 Å². The molecule has 0 aliphatic heterocycles. The Labute approximate surface area is 107 Å². The number of esters is 1. The van der Waals surface area contributed by atoms with Crippen LogP contribution in [0.25, 0.3) is 0 Å². The van der Waals surface area contributed by atoms with Crippen molar-refractivity contribution in [2.24, 2.45) is 0 Å². The molecule has 1 rings (SSSR count). The van der Waals surface area contributed by atoms with Crippen LogP contribution in [-0.4, -0.2) is 24.5 Å². The van der Waals surface area contributed by atoms with Crippen LogP contribution in [0.3, 0.4) is 0 Å². The summed E-state index contributed by atoms with van der Waals surface area (Å²) in [5, 5.41) is 2.66. The van der Waals surface area contributed by atoms with E-state index in [2.05, 4.69) is 10.1 Å². The summed E-state index contributed by atoms with van der Waals surface area (Å²) in [4.78, 5) is 23.2. The molecule has 0 heterocycles. The lowest BCUT2D eigenvalue weighted by molar-refractivity contribution is -0.149. The Morgan fingerprint density at radius 1 is 1.22 bits per heavy atom. The number of ether oxygens (including phenoxy) is 1. The summed E-state index contributed by atoms with van der Waals surface area (Å²) in [6.07, 6.45) is 0.251. The molecule has 0 unspecified atom stereocenters. The van der Waals surface area contributed by atoms with Crippen LogP contribution in [0.15, 0.2) is 24.3 Å². The Balaban J connectivity index is 2.62. The molecule has 0 fully saturated rings. The fraction of sp³-hybridized carbons (Fsp3) is 0.429. The van der Waals surface area contributed by atoms with Crippen molar-refractivity contribution in [1.82, 2.24) is 5.32 Å². The zero-order valence-electron chi connectivity index (χ0n) is 11.2. The first kappa shape index (κ1) is 14.2. The van der Waals surface area contributed by atoms with Gasteiger partial charge in [0.25, 0.3) is 0 Å². The van der Waals surface area contributed by atoms with E-state index >= 15 is 0 Å². The Bertz CT molecular complexity index is 435. The number of amides is 1. The minimum Gasteiger partial charge on any atom is -0.467 e. The van der Waals surface area contributed by atoms with Crippen molar-refractivity contribution in [2.75, 3.05) is 7.11 Å². The number of aryl methyl sites for hydroxylation is 1. The molecule has 4 nitrogen and oxygen atoms in total. The highest BCUT2D eigenvalue weighted by Gasteiger charge is 2.30. The smallest absolute Gasteiger partial charge is 0.330 e. The van der Waals surface area contributed by atoms with E-state index in [1.165, 1.54) is 7.11 Å². The number of carbonyl (C=O) groups excluding carboxylic acids is 2. The Hall–Kier alpha value is -1.84. The molecule has 0 aliphatic carbocycles. The highest BCUT2D eigenvalue weighted by atomic mass is 16.5. The second-order valence-electron chi connectivity index (χ2n) is 4.83. The fourth-order valence-electron chi connectivity index (χ4n) is 1.59. The fourth-order valence-corrected chi connectivity index (χ4v) is 1.59. The van der Waals surface area contributed by atoms with E-state index in [4.69, 9.17) is 0 Å². The van der Waals surface area contributed by atoms with E-state index in [-0.39, 0.29) is 12.3 Å². The van der Waals surface area contributed by atoms with E-state index in [1.54, 1.807) is 13.8 Å². The van der Waals surface area contributed by atoms with Crippen LogP contribution < -0.4 is 5.32 Å². The van der Waals surface area contributed by atoms with Gasteiger partial charge in [-0.3, -0.25) is 4.79 Å². The molecule has 98 valence electrons. The number of benzene rings is 1. The van der Waals surface area contributed by atoms with Crippen molar-refractivity contribution < 1.29 is 14.3 Å². The van der Waals surface area contributed by atoms with Gasteiger partial charge in [0.15, 0.2) is 0 Å². The molecule has 0 saturated heterocycles. The maximum atomic E-state index is 11.8. The molecule has 0 radical (unpaired) electrons. The summed E-state index contributed by atoms with van der Waals surface area (Å²) in [7, 11) is 1.30. The number of methoxy groups -OCH3 is 1. The van der Waals surface area contributed by atoms with E-state index in [9.17, 15) is 9.59 Å². The van der Waals surface area contributed by atoms with Crippen molar-refractivity contribution >= 4 is 11.9 Å². The van der Waals surface area contributed by atoms with Crippen molar-refractivity contribution in [2.45, 2.75) is 32.7 Å². The van der Waals surface area contributed by atoms with Crippen LogP contribution in [-0.2, 0) is 20.7 Å². The highest BCUT2D eigenvalue weighted by molar-refractivity contribution is 5.88. The molecule has 1 aromatic carbocycles. The van der Waals surface area contributed by atoms with Crippen LogP contribution in [0.4, 0.5) is 0 Å². The molecule has 0 spiro atoms. The van der Waals surface area contributed by atoms with Crippen LogP contribution >= 0.6 is 0 Å². The monoisotopic (exact) mass is 249 g/mol. The zero-order valence-corrected chi connectivity index (χ0v) is 11.2. The minimum absolute atomic E-state index is 0.200. The first-order valence-corrected chi connectivity index (χ1v) is 5.80. The first-order chi connectivity index (χ1) is 8.35.